The summed E-state index contributed by atoms with van der Waals surface area (Å²) in [4.78, 5) is 4.41. The van der Waals surface area contributed by atoms with Gasteiger partial charge in [-0.3, -0.25) is 4.98 Å². The number of rotatable bonds is 9. The fraction of sp³-hybridized carbons (Fsp3) is 0.500. The molecule has 0 bridgehead atoms. The van der Waals surface area contributed by atoms with Crippen LogP contribution in [0.1, 0.15) is 11.3 Å². The zero-order valence-electron chi connectivity index (χ0n) is 10.4. The molecule has 0 aromatic carbocycles. The normalized spacial score (nSPS) is 10.5. The van der Waals surface area contributed by atoms with E-state index in [2.05, 4.69) is 4.98 Å². The van der Waals surface area contributed by atoms with E-state index in [9.17, 15) is 0 Å². The van der Waals surface area contributed by atoms with Crippen molar-refractivity contribution in [2.24, 2.45) is 5.73 Å². The van der Waals surface area contributed by atoms with Crippen LogP contribution in [0.25, 0.3) is 0 Å². The first kappa shape index (κ1) is 15.0. The summed E-state index contributed by atoms with van der Waals surface area (Å²) < 4.78 is 15.6. The molecule has 0 saturated carbocycles. The van der Waals surface area contributed by atoms with E-state index in [1.807, 2.05) is 12.1 Å². The maximum Gasteiger partial charge on any atom is 0.123 e. The summed E-state index contributed by atoms with van der Waals surface area (Å²) in [5.41, 5.74) is 7.08. The first-order chi connectivity index (χ1) is 8.75. The van der Waals surface area contributed by atoms with Gasteiger partial charge in [0.1, 0.15) is 10.7 Å². The third-order valence-electron chi connectivity index (χ3n) is 2.19. The van der Waals surface area contributed by atoms with Gasteiger partial charge in [-0.15, -0.1) is 0 Å². The zero-order valence-corrected chi connectivity index (χ0v) is 11.2. The number of nitrogens with two attached hydrogens (primary N) is 1. The minimum atomic E-state index is 0.283. The van der Waals surface area contributed by atoms with E-state index in [-0.39, 0.29) is 4.99 Å². The van der Waals surface area contributed by atoms with Crippen LogP contribution >= 0.6 is 12.2 Å². The van der Waals surface area contributed by atoms with Gasteiger partial charge in [0.25, 0.3) is 0 Å². The molecule has 0 spiro atoms. The molecular weight excluding hydrogens is 252 g/mol. The Balaban J connectivity index is 2.25. The van der Waals surface area contributed by atoms with Gasteiger partial charge in [0, 0.05) is 18.9 Å². The minimum Gasteiger partial charge on any atom is -0.388 e. The highest BCUT2D eigenvalue weighted by molar-refractivity contribution is 7.80. The number of methoxy groups -OCH3 is 1. The van der Waals surface area contributed by atoms with E-state index >= 15 is 0 Å². The van der Waals surface area contributed by atoms with Crippen LogP contribution in [0, 0.1) is 0 Å². The lowest BCUT2D eigenvalue weighted by Gasteiger charge is -2.08. The Labute approximate surface area is 112 Å². The summed E-state index contributed by atoms with van der Waals surface area (Å²) in [7, 11) is 1.64. The summed E-state index contributed by atoms with van der Waals surface area (Å²) in [6.45, 7) is 2.63. The molecule has 1 heterocycles. The van der Waals surface area contributed by atoms with Crippen LogP contribution in [0.2, 0.25) is 0 Å². The zero-order chi connectivity index (χ0) is 13.2. The van der Waals surface area contributed by atoms with Crippen molar-refractivity contribution >= 4 is 17.2 Å². The molecule has 1 rings (SSSR count). The van der Waals surface area contributed by atoms with Gasteiger partial charge < -0.3 is 19.9 Å². The third-order valence-corrected chi connectivity index (χ3v) is 2.38. The molecule has 0 aliphatic heterocycles. The van der Waals surface area contributed by atoms with Crippen LogP contribution in [0.3, 0.4) is 0 Å². The predicted molar refractivity (Wildman–Crippen MR) is 72.5 cm³/mol. The van der Waals surface area contributed by atoms with E-state index in [4.69, 9.17) is 32.2 Å². The van der Waals surface area contributed by atoms with Crippen molar-refractivity contribution in [1.29, 1.82) is 0 Å². The second-order valence-corrected chi connectivity index (χ2v) is 3.97. The maximum absolute atomic E-state index is 5.57. The third kappa shape index (κ3) is 5.50. The Morgan fingerprint density at radius 1 is 1.28 bits per heavy atom. The van der Waals surface area contributed by atoms with Crippen molar-refractivity contribution in [1.82, 2.24) is 4.98 Å². The summed E-state index contributed by atoms with van der Waals surface area (Å²) in [5.74, 6) is 0. The highest BCUT2D eigenvalue weighted by atomic mass is 32.1. The van der Waals surface area contributed by atoms with Gasteiger partial charge in [-0.1, -0.05) is 18.3 Å². The number of pyridine rings is 1. The van der Waals surface area contributed by atoms with Gasteiger partial charge in [-0.05, 0) is 6.07 Å². The molecule has 18 heavy (non-hydrogen) atoms. The Morgan fingerprint density at radius 3 is 2.72 bits per heavy atom. The minimum absolute atomic E-state index is 0.283. The quantitative estimate of drug-likeness (QED) is 0.531. The van der Waals surface area contributed by atoms with Gasteiger partial charge >= 0.3 is 0 Å². The monoisotopic (exact) mass is 270 g/mol. The standard InChI is InChI=1S/C12H18N2O3S/c1-15-5-6-16-7-8-17-9-10-3-2-4-14-11(10)12(13)18/h2-4H,5-9H2,1H3,(H2,13,18). The fourth-order valence-electron chi connectivity index (χ4n) is 1.32. The lowest BCUT2D eigenvalue weighted by Crippen LogP contribution is -2.15. The van der Waals surface area contributed by atoms with E-state index in [0.29, 0.717) is 38.7 Å². The molecule has 100 valence electrons. The van der Waals surface area contributed by atoms with Crippen LogP contribution in [0.5, 0.6) is 0 Å². The number of thiocarbonyl (C=S) groups is 1. The first-order valence-electron chi connectivity index (χ1n) is 5.64. The molecule has 0 fully saturated rings. The Kier molecular flexibility index (Phi) is 7.43. The smallest absolute Gasteiger partial charge is 0.123 e. The SMILES string of the molecule is COCCOCCOCc1cccnc1C(N)=S. The van der Waals surface area contributed by atoms with Gasteiger partial charge in [0.15, 0.2) is 0 Å². The lowest BCUT2D eigenvalue weighted by molar-refractivity contribution is 0.0199. The average Bonchev–Trinajstić information content (AvgIpc) is 2.38. The predicted octanol–water partition coefficient (Wildman–Crippen LogP) is 0.895. The number of nitrogens with zero attached hydrogens (tertiary/aromatic N) is 1. The van der Waals surface area contributed by atoms with Crippen molar-refractivity contribution in [3.8, 4) is 0 Å². The Bertz CT molecular complexity index is 374. The summed E-state index contributed by atoms with van der Waals surface area (Å²) in [5, 5.41) is 0. The summed E-state index contributed by atoms with van der Waals surface area (Å²) in [6.07, 6.45) is 1.66. The molecule has 0 atom stereocenters. The molecule has 5 nitrogen and oxygen atoms in total. The lowest BCUT2D eigenvalue weighted by atomic mass is 10.2. The molecule has 0 unspecified atom stereocenters. The Morgan fingerprint density at radius 2 is 2.00 bits per heavy atom. The fourth-order valence-corrected chi connectivity index (χ4v) is 1.51. The van der Waals surface area contributed by atoms with Crippen molar-refractivity contribution in [3.05, 3.63) is 29.6 Å². The van der Waals surface area contributed by atoms with Gasteiger partial charge in [0.05, 0.1) is 33.0 Å². The topological polar surface area (TPSA) is 66.6 Å². The Hall–Kier alpha value is -1.08. The van der Waals surface area contributed by atoms with Crippen LogP contribution in [-0.2, 0) is 20.8 Å². The van der Waals surface area contributed by atoms with E-state index in [0.717, 1.165) is 5.56 Å². The summed E-state index contributed by atoms with van der Waals surface area (Å²) >= 11 is 4.92. The average molecular weight is 270 g/mol. The van der Waals surface area contributed by atoms with Crippen molar-refractivity contribution in [3.63, 3.8) is 0 Å². The van der Waals surface area contributed by atoms with Gasteiger partial charge in [-0.25, -0.2) is 0 Å². The second-order valence-electron chi connectivity index (χ2n) is 3.53. The molecule has 6 heteroatoms. The van der Waals surface area contributed by atoms with Crippen molar-refractivity contribution in [2.75, 3.05) is 33.5 Å². The van der Waals surface area contributed by atoms with Crippen molar-refractivity contribution in [2.45, 2.75) is 6.61 Å². The van der Waals surface area contributed by atoms with Crippen LogP contribution in [0.15, 0.2) is 18.3 Å². The van der Waals surface area contributed by atoms with Gasteiger partial charge in [-0.2, -0.15) is 0 Å². The van der Waals surface area contributed by atoms with Crippen molar-refractivity contribution < 1.29 is 14.2 Å². The largest absolute Gasteiger partial charge is 0.388 e. The van der Waals surface area contributed by atoms with Crippen LogP contribution < -0.4 is 5.73 Å². The molecule has 0 aliphatic carbocycles. The van der Waals surface area contributed by atoms with E-state index in [1.165, 1.54) is 0 Å². The first-order valence-corrected chi connectivity index (χ1v) is 6.04. The summed E-state index contributed by atoms with van der Waals surface area (Å²) in [6, 6.07) is 3.73. The highest BCUT2D eigenvalue weighted by Gasteiger charge is 2.05. The highest BCUT2D eigenvalue weighted by Crippen LogP contribution is 2.06. The van der Waals surface area contributed by atoms with Crippen LogP contribution in [-0.4, -0.2) is 43.5 Å². The second kappa shape index (κ2) is 8.93. The number of hydrogen-bond donors (Lipinski definition) is 1. The van der Waals surface area contributed by atoms with Crippen LogP contribution in [0.4, 0.5) is 0 Å². The maximum atomic E-state index is 5.57. The molecule has 1 aromatic heterocycles. The molecule has 2 N–H and O–H groups in total. The molecule has 0 aliphatic rings. The molecular formula is C12H18N2O3S. The van der Waals surface area contributed by atoms with Gasteiger partial charge in [0.2, 0.25) is 0 Å². The van der Waals surface area contributed by atoms with E-state index in [1.54, 1.807) is 13.3 Å². The number of ether oxygens (including phenoxy) is 3. The molecule has 0 amide bonds. The molecule has 1 aromatic rings. The van der Waals surface area contributed by atoms with E-state index < -0.39 is 0 Å². The molecule has 0 radical (unpaired) electrons. The number of hydrogen-bond acceptors (Lipinski definition) is 5. The number of aromatic nitrogens is 1. The molecule has 0 saturated heterocycles.